The lowest BCUT2D eigenvalue weighted by Crippen LogP contribution is -2.62. The Morgan fingerprint density at radius 3 is 2.45 bits per heavy atom. The van der Waals surface area contributed by atoms with Gasteiger partial charge in [0.15, 0.2) is 0 Å². The van der Waals surface area contributed by atoms with Crippen LogP contribution in [0, 0.1) is 0 Å². The van der Waals surface area contributed by atoms with Gasteiger partial charge in [-0.2, -0.15) is 0 Å². The Balaban J connectivity index is 2.08. The van der Waals surface area contributed by atoms with E-state index in [0.29, 0.717) is 12.1 Å². The van der Waals surface area contributed by atoms with Crippen molar-refractivity contribution in [3.05, 3.63) is 0 Å². The minimum Gasteiger partial charge on any atom is -0.468 e. The molecule has 1 aliphatic heterocycles. The normalized spacial score (nSPS) is 33.6. The van der Waals surface area contributed by atoms with Gasteiger partial charge in [0.2, 0.25) is 0 Å². The molecule has 1 heterocycles. The molecule has 20 heavy (non-hydrogen) atoms. The van der Waals surface area contributed by atoms with Gasteiger partial charge in [0.25, 0.3) is 0 Å². The second-order valence-corrected chi connectivity index (χ2v) is 6.69. The number of piperidine rings is 1. The predicted molar refractivity (Wildman–Crippen MR) is 80.7 cm³/mol. The highest BCUT2D eigenvalue weighted by molar-refractivity contribution is 5.81. The van der Waals surface area contributed by atoms with Crippen LogP contribution in [-0.4, -0.2) is 49.2 Å². The number of nitrogens with zero attached hydrogens (tertiary/aromatic N) is 1. The average Bonchev–Trinajstić information content (AvgIpc) is 2.70. The summed E-state index contributed by atoms with van der Waals surface area (Å²) in [5.74, 6) is -0.0679. The maximum absolute atomic E-state index is 12.4. The smallest absolute Gasteiger partial charge is 0.326 e. The molecule has 2 atom stereocenters. The van der Waals surface area contributed by atoms with Crippen molar-refractivity contribution in [3.8, 4) is 0 Å². The molecule has 1 saturated heterocycles. The van der Waals surface area contributed by atoms with Crippen molar-refractivity contribution >= 4 is 5.97 Å². The van der Waals surface area contributed by atoms with E-state index in [9.17, 15) is 4.79 Å². The minimum atomic E-state index is -0.463. The number of rotatable bonds is 3. The largest absolute Gasteiger partial charge is 0.468 e. The molecule has 2 aliphatic rings. The van der Waals surface area contributed by atoms with E-state index in [1.807, 2.05) is 0 Å². The van der Waals surface area contributed by atoms with Gasteiger partial charge in [-0.25, -0.2) is 0 Å². The Morgan fingerprint density at radius 2 is 1.90 bits per heavy atom. The quantitative estimate of drug-likeness (QED) is 0.637. The molecule has 0 spiro atoms. The molecule has 4 heteroatoms. The van der Waals surface area contributed by atoms with Crippen LogP contribution in [0.1, 0.15) is 58.3 Å². The molecule has 2 unspecified atom stereocenters. The summed E-state index contributed by atoms with van der Waals surface area (Å²) in [5.41, 5.74) is -0.463. The first-order valence-electron chi connectivity index (χ1n) is 8.14. The van der Waals surface area contributed by atoms with E-state index in [1.54, 1.807) is 0 Å². The van der Waals surface area contributed by atoms with Gasteiger partial charge >= 0.3 is 5.97 Å². The van der Waals surface area contributed by atoms with Crippen molar-refractivity contribution in [1.82, 2.24) is 10.2 Å². The van der Waals surface area contributed by atoms with Crippen LogP contribution in [-0.2, 0) is 9.53 Å². The second kappa shape index (κ2) is 6.90. The lowest BCUT2D eigenvalue weighted by atomic mass is 9.82. The predicted octanol–water partition coefficient (Wildman–Crippen LogP) is 2.32. The molecule has 116 valence electrons. The van der Waals surface area contributed by atoms with Crippen LogP contribution in [0.5, 0.6) is 0 Å². The fourth-order valence-corrected chi connectivity index (χ4v) is 3.74. The van der Waals surface area contributed by atoms with Gasteiger partial charge in [-0.15, -0.1) is 0 Å². The van der Waals surface area contributed by atoms with E-state index in [2.05, 4.69) is 24.2 Å². The van der Waals surface area contributed by atoms with E-state index in [0.717, 1.165) is 19.4 Å². The SMILES string of the molecule is COC(=O)C1(NC2CCCCCC2)CCN(C)C(C)C1. The highest BCUT2D eigenvalue weighted by atomic mass is 16.5. The van der Waals surface area contributed by atoms with E-state index < -0.39 is 5.54 Å². The molecule has 0 aromatic heterocycles. The number of hydrogen-bond donors (Lipinski definition) is 1. The number of esters is 1. The van der Waals surface area contributed by atoms with Crippen LogP contribution >= 0.6 is 0 Å². The summed E-state index contributed by atoms with van der Waals surface area (Å²) in [7, 11) is 3.65. The van der Waals surface area contributed by atoms with Crippen molar-refractivity contribution < 1.29 is 9.53 Å². The Morgan fingerprint density at radius 1 is 1.25 bits per heavy atom. The summed E-state index contributed by atoms with van der Waals surface area (Å²) in [6, 6.07) is 0.897. The molecular weight excluding hydrogens is 252 g/mol. The third-order valence-electron chi connectivity index (χ3n) is 5.20. The molecular formula is C16H30N2O2. The standard InChI is InChI=1S/C16H30N2O2/c1-13-12-16(15(19)20-3,10-11-18(13)2)17-14-8-6-4-5-7-9-14/h13-14,17H,4-12H2,1-3H3. The molecule has 0 bridgehead atoms. The number of carbonyl (C=O) groups is 1. The van der Waals surface area contributed by atoms with Gasteiger partial charge < -0.3 is 9.64 Å². The number of nitrogens with one attached hydrogen (secondary N) is 1. The zero-order chi connectivity index (χ0) is 14.6. The molecule has 0 amide bonds. The topological polar surface area (TPSA) is 41.6 Å². The Bertz CT molecular complexity index is 326. The van der Waals surface area contributed by atoms with Crippen molar-refractivity contribution in [2.45, 2.75) is 75.9 Å². The van der Waals surface area contributed by atoms with Crippen LogP contribution in [0.25, 0.3) is 0 Å². The summed E-state index contributed by atoms with van der Waals surface area (Å²) in [6.45, 7) is 3.15. The van der Waals surface area contributed by atoms with Crippen LogP contribution in [0.4, 0.5) is 0 Å². The van der Waals surface area contributed by atoms with Crippen molar-refractivity contribution in [2.75, 3.05) is 20.7 Å². The zero-order valence-corrected chi connectivity index (χ0v) is 13.3. The van der Waals surface area contributed by atoms with Crippen molar-refractivity contribution in [3.63, 3.8) is 0 Å². The van der Waals surface area contributed by atoms with Crippen LogP contribution in [0.2, 0.25) is 0 Å². The second-order valence-electron chi connectivity index (χ2n) is 6.69. The van der Waals surface area contributed by atoms with Crippen LogP contribution in [0.15, 0.2) is 0 Å². The highest BCUT2D eigenvalue weighted by Crippen LogP contribution is 2.30. The maximum Gasteiger partial charge on any atom is 0.326 e. The van der Waals surface area contributed by atoms with Gasteiger partial charge in [0.05, 0.1) is 7.11 Å². The zero-order valence-electron chi connectivity index (χ0n) is 13.3. The third kappa shape index (κ3) is 3.53. The van der Waals surface area contributed by atoms with Gasteiger partial charge in [-0.1, -0.05) is 25.7 Å². The molecule has 2 fully saturated rings. The molecule has 1 aliphatic carbocycles. The first kappa shape index (κ1) is 15.8. The number of carbonyl (C=O) groups excluding carboxylic acids is 1. The molecule has 1 saturated carbocycles. The maximum atomic E-state index is 12.4. The van der Waals surface area contributed by atoms with Gasteiger partial charge in [-0.3, -0.25) is 10.1 Å². The van der Waals surface area contributed by atoms with E-state index >= 15 is 0 Å². The van der Waals surface area contributed by atoms with Crippen LogP contribution in [0.3, 0.4) is 0 Å². The van der Waals surface area contributed by atoms with Crippen molar-refractivity contribution in [2.24, 2.45) is 0 Å². The number of likely N-dealkylation sites (tertiary alicyclic amines) is 1. The van der Waals surface area contributed by atoms with Gasteiger partial charge in [0.1, 0.15) is 5.54 Å². The van der Waals surface area contributed by atoms with Gasteiger partial charge in [0, 0.05) is 18.6 Å². The summed E-state index contributed by atoms with van der Waals surface area (Å²) < 4.78 is 5.13. The molecule has 2 rings (SSSR count). The molecule has 1 N–H and O–H groups in total. The van der Waals surface area contributed by atoms with E-state index in [4.69, 9.17) is 4.74 Å². The number of hydrogen-bond acceptors (Lipinski definition) is 4. The van der Waals surface area contributed by atoms with E-state index in [-0.39, 0.29) is 5.97 Å². The first-order valence-corrected chi connectivity index (χ1v) is 8.14. The summed E-state index contributed by atoms with van der Waals surface area (Å²) in [4.78, 5) is 14.7. The summed E-state index contributed by atoms with van der Waals surface area (Å²) in [5, 5.41) is 3.71. The molecule has 0 radical (unpaired) electrons. The summed E-state index contributed by atoms with van der Waals surface area (Å²) >= 11 is 0. The Kier molecular flexibility index (Phi) is 5.44. The number of methoxy groups -OCH3 is 1. The monoisotopic (exact) mass is 282 g/mol. The molecule has 0 aromatic rings. The lowest BCUT2D eigenvalue weighted by Gasteiger charge is -2.44. The Hall–Kier alpha value is -0.610. The first-order chi connectivity index (χ1) is 9.57. The molecule has 4 nitrogen and oxygen atoms in total. The van der Waals surface area contributed by atoms with Crippen LogP contribution < -0.4 is 5.32 Å². The fraction of sp³-hybridized carbons (Fsp3) is 0.938. The average molecular weight is 282 g/mol. The number of ether oxygens (including phenoxy) is 1. The van der Waals surface area contributed by atoms with Gasteiger partial charge in [-0.05, 0) is 39.7 Å². The molecule has 0 aromatic carbocycles. The summed E-state index contributed by atoms with van der Waals surface area (Å²) in [6.07, 6.45) is 9.34. The highest BCUT2D eigenvalue weighted by Gasteiger charge is 2.45. The van der Waals surface area contributed by atoms with Crippen molar-refractivity contribution in [1.29, 1.82) is 0 Å². The minimum absolute atomic E-state index is 0.0679. The van der Waals surface area contributed by atoms with E-state index in [1.165, 1.54) is 45.6 Å². The fourth-order valence-electron chi connectivity index (χ4n) is 3.74. The lowest BCUT2D eigenvalue weighted by molar-refractivity contribution is -0.152. The third-order valence-corrected chi connectivity index (χ3v) is 5.20. The Labute approximate surface area is 123 Å².